The van der Waals surface area contributed by atoms with E-state index in [-0.39, 0.29) is 5.82 Å². The minimum atomic E-state index is -0.350. The highest BCUT2D eigenvalue weighted by atomic mass is 35.5. The van der Waals surface area contributed by atoms with Gasteiger partial charge in [-0.3, -0.25) is 0 Å². The van der Waals surface area contributed by atoms with Gasteiger partial charge < -0.3 is 5.73 Å². The van der Waals surface area contributed by atoms with E-state index in [0.29, 0.717) is 27.7 Å². The molecule has 0 unspecified atom stereocenters. The minimum Gasteiger partial charge on any atom is -0.326 e. The quantitative estimate of drug-likeness (QED) is 0.866. The Morgan fingerprint density at radius 3 is 2.47 bits per heavy atom. The van der Waals surface area contributed by atoms with Gasteiger partial charge in [0.2, 0.25) is 0 Å². The summed E-state index contributed by atoms with van der Waals surface area (Å²) in [5, 5.41) is 0.764. The molecule has 2 rings (SSSR count). The molecular weight excluding hydrogens is 260 g/mol. The first-order valence-corrected chi connectivity index (χ1v) is 5.82. The van der Waals surface area contributed by atoms with Crippen molar-refractivity contribution in [1.29, 1.82) is 0 Å². The van der Waals surface area contributed by atoms with E-state index >= 15 is 0 Å². The number of benzene rings is 2. The molecule has 2 aromatic carbocycles. The van der Waals surface area contributed by atoms with Gasteiger partial charge in [-0.15, -0.1) is 0 Å². The summed E-state index contributed by atoms with van der Waals surface area (Å²) in [5.74, 6) is -0.350. The first-order valence-electron chi connectivity index (χ1n) is 5.06. The largest absolute Gasteiger partial charge is 0.326 e. The van der Waals surface area contributed by atoms with E-state index in [1.807, 2.05) is 0 Å². The Morgan fingerprint density at radius 1 is 1.06 bits per heavy atom. The summed E-state index contributed by atoms with van der Waals surface area (Å²) in [4.78, 5) is 0. The molecule has 2 aromatic rings. The molecule has 0 heterocycles. The highest BCUT2D eigenvalue weighted by Crippen LogP contribution is 2.34. The van der Waals surface area contributed by atoms with E-state index in [1.54, 1.807) is 30.3 Å². The van der Waals surface area contributed by atoms with Gasteiger partial charge in [-0.25, -0.2) is 4.39 Å². The Morgan fingerprint density at radius 2 is 1.82 bits per heavy atom. The van der Waals surface area contributed by atoms with Gasteiger partial charge >= 0.3 is 0 Å². The summed E-state index contributed by atoms with van der Waals surface area (Å²) in [6.07, 6.45) is 0. The van der Waals surface area contributed by atoms with Crippen LogP contribution in [-0.2, 0) is 6.54 Å². The fourth-order valence-corrected chi connectivity index (χ4v) is 2.02. The van der Waals surface area contributed by atoms with E-state index in [2.05, 4.69) is 0 Å². The van der Waals surface area contributed by atoms with Crippen LogP contribution in [0.15, 0.2) is 36.4 Å². The Hall–Kier alpha value is -1.09. The first kappa shape index (κ1) is 12.4. The first-order chi connectivity index (χ1) is 8.13. The van der Waals surface area contributed by atoms with Crippen LogP contribution in [0.1, 0.15) is 5.56 Å². The standard InChI is InChI=1S/C13H10Cl2FN/c14-11-3-1-2-10(13(11)15)9-5-4-8(7-17)6-12(9)16/h1-6H,7,17H2. The number of hydrogen-bond donors (Lipinski definition) is 1. The van der Waals surface area contributed by atoms with Crippen molar-refractivity contribution in [3.05, 3.63) is 57.8 Å². The lowest BCUT2D eigenvalue weighted by atomic mass is 10.0. The van der Waals surface area contributed by atoms with Crippen molar-refractivity contribution in [3.63, 3.8) is 0 Å². The van der Waals surface area contributed by atoms with Crippen LogP contribution in [0, 0.1) is 5.82 Å². The topological polar surface area (TPSA) is 26.0 Å². The molecule has 4 heteroatoms. The average Bonchev–Trinajstić information content (AvgIpc) is 2.33. The second-order valence-corrected chi connectivity index (χ2v) is 4.40. The van der Waals surface area contributed by atoms with Crippen molar-refractivity contribution in [1.82, 2.24) is 0 Å². The van der Waals surface area contributed by atoms with Crippen LogP contribution in [0.2, 0.25) is 10.0 Å². The zero-order valence-electron chi connectivity index (χ0n) is 8.88. The van der Waals surface area contributed by atoms with Crippen molar-refractivity contribution in [3.8, 4) is 11.1 Å². The summed E-state index contributed by atoms with van der Waals surface area (Å²) in [5.41, 5.74) is 7.20. The smallest absolute Gasteiger partial charge is 0.131 e. The average molecular weight is 270 g/mol. The Balaban J connectivity index is 2.57. The third-order valence-corrected chi connectivity index (χ3v) is 3.33. The Bertz CT molecular complexity index is 555. The molecule has 0 aliphatic rings. The van der Waals surface area contributed by atoms with Gasteiger partial charge in [0.15, 0.2) is 0 Å². The fourth-order valence-electron chi connectivity index (χ4n) is 1.62. The number of rotatable bonds is 2. The Labute approximate surface area is 109 Å². The molecule has 0 atom stereocenters. The van der Waals surface area contributed by atoms with Crippen LogP contribution < -0.4 is 5.73 Å². The molecule has 0 bridgehead atoms. The molecule has 0 radical (unpaired) electrons. The minimum absolute atomic E-state index is 0.306. The predicted molar refractivity (Wildman–Crippen MR) is 69.7 cm³/mol. The van der Waals surface area contributed by atoms with E-state index in [0.717, 1.165) is 5.56 Å². The maximum absolute atomic E-state index is 13.9. The van der Waals surface area contributed by atoms with E-state index in [1.165, 1.54) is 6.07 Å². The molecule has 0 spiro atoms. The molecule has 0 aliphatic heterocycles. The van der Waals surface area contributed by atoms with Gasteiger partial charge in [-0.05, 0) is 17.7 Å². The molecule has 88 valence electrons. The summed E-state index contributed by atoms with van der Waals surface area (Å²) in [7, 11) is 0. The molecule has 17 heavy (non-hydrogen) atoms. The van der Waals surface area contributed by atoms with Gasteiger partial charge in [-0.1, -0.05) is 47.5 Å². The van der Waals surface area contributed by atoms with Gasteiger partial charge in [-0.2, -0.15) is 0 Å². The van der Waals surface area contributed by atoms with Crippen molar-refractivity contribution < 1.29 is 4.39 Å². The van der Waals surface area contributed by atoms with Crippen LogP contribution in [0.5, 0.6) is 0 Å². The Kier molecular flexibility index (Phi) is 3.67. The van der Waals surface area contributed by atoms with Gasteiger partial charge in [0.05, 0.1) is 10.0 Å². The number of hydrogen-bond acceptors (Lipinski definition) is 1. The van der Waals surface area contributed by atoms with Crippen LogP contribution in [-0.4, -0.2) is 0 Å². The number of halogens is 3. The second kappa shape index (κ2) is 5.05. The zero-order valence-corrected chi connectivity index (χ0v) is 10.4. The van der Waals surface area contributed by atoms with Crippen molar-refractivity contribution in [2.75, 3.05) is 0 Å². The summed E-state index contributed by atoms with van der Waals surface area (Å²) < 4.78 is 13.9. The summed E-state index contributed by atoms with van der Waals surface area (Å²) in [6, 6.07) is 9.98. The summed E-state index contributed by atoms with van der Waals surface area (Å²) >= 11 is 12.0. The maximum atomic E-state index is 13.9. The van der Waals surface area contributed by atoms with Gasteiger partial charge in [0.25, 0.3) is 0 Å². The highest BCUT2D eigenvalue weighted by molar-refractivity contribution is 6.43. The third-order valence-electron chi connectivity index (χ3n) is 2.51. The van der Waals surface area contributed by atoms with E-state index < -0.39 is 0 Å². The molecule has 0 fully saturated rings. The second-order valence-electron chi connectivity index (χ2n) is 3.62. The third kappa shape index (κ3) is 2.44. The molecule has 0 aromatic heterocycles. The van der Waals surface area contributed by atoms with Crippen LogP contribution in [0.3, 0.4) is 0 Å². The molecular formula is C13H10Cl2FN. The van der Waals surface area contributed by atoms with Crippen molar-refractivity contribution in [2.45, 2.75) is 6.54 Å². The zero-order chi connectivity index (χ0) is 12.4. The lowest BCUT2D eigenvalue weighted by Gasteiger charge is -2.08. The van der Waals surface area contributed by atoms with Gasteiger partial charge in [0, 0.05) is 17.7 Å². The maximum Gasteiger partial charge on any atom is 0.131 e. The predicted octanol–water partition coefficient (Wildman–Crippen LogP) is 4.26. The molecule has 0 saturated carbocycles. The lowest BCUT2D eigenvalue weighted by molar-refractivity contribution is 0.629. The molecule has 0 aliphatic carbocycles. The molecule has 0 saturated heterocycles. The molecule has 1 nitrogen and oxygen atoms in total. The molecule has 0 amide bonds. The normalized spacial score (nSPS) is 10.6. The van der Waals surface area contributed by atoms with Crippen molar-refractivity contribution >= 4 is 23.2 Å². The fraction of sp³-hybridized carbons (Fsp3) is 0.0769. The van der Waals surface area contributed by atoms with E-state index in [4.69, 9.17) is 28.9 Å². The van der Waals surface area contributed by atoms with Crippen LogP contribution in [0.4, 0.5) is 4.39 Å². The number of nitrogens with two attached hydrogens (primary N) is 1. The van der Waals surface area contributed by atoms with Crippen LogP contribution >= 0.6 is 23.2 Å². The van der Waals surface area contributed by atoms with Crippen molar-refractivity contribution in [2.24, 2.45) is 5.73 Å². The monoisotopic (exact) mass is 269 g/mol. The van der Waals surface area contributed by atoms with Crippen LogP contribution in [0.25, 0.3) is 11.1 Å². The SMILES string of the molecule is NCc1ccc(-c2cccc(Cl)c2Cl)c(F)c1. The van der Waals surface area contributed by atoms with E-state index in [9.17, 15) is 4.39 Å². The highest BCUT2D eigenvalue weighted by Gasteiger charge is 2.11. The summed E-state index contributed by atoms with van der Waals surface area (Å²) in [6.45, 7) is 0.306. The lowest BCUT2D eigenvalue weighted by Crippen LogP contribution is -1.97. The molecule has 2 N–H and O–H groups in total. The van der Waals surface area contributed by atoms with Gasteiger partial charge in [0.1, 0.15) is 5.82 Å².